The Balaban J connectivity index is 1.62. The summed E-state index contributed by atoms with van der Waals surface area (Å²) in [6.07, 6.45) is 8.92. The number of carbonyl (C=O) groups excluding carboxylic acids is 1. The molecular formula is C16H24N2O. The third-order valence-corrected chi connectivity index (χ3v) is 5.90. The molecule has 4 atom stereocenters. The molecule has 3 heteroatoms. The van der Waals surface area contributed by atoms with Gasteiger partial charge in [-0.3, -0.25) is 4.79 Å². The molecule has 2 bridgehead atoms. The van der Waals surface area contributed by atoms with Crippen molar-refractivity contribution in [1.29, 1.82) is 5.26 Å². The third-order valence-electron chi connectivity index (χ3n) is 5.90. The van der Waals surface area contributed by atoms with E-state index in [0.29, 0.717) is 5.92 Å². The molecule has 3 fully saturated rings. The SMILES string of the molecule is CC(NC(=O)C1(C#N)CCCC1)C1CC2CCC1C2. The van der Waals surface area contributed by atoms with Crippen molar-refractivity contribution in [2.45, 2.75) is 64.3 Å². The first-order chi connectivity index (χ1) is 9.14. The van der Waals surface area contributed by atoms with Crippen LogP contribution in [0.4, 0.5) is 0 Å². The average Bonchev–Trinajstić information content (AvgIpc) is 3.14. The summed E-state index contributed by atoms with van der Waals surface area (Å²) in [5, 5.41) is 12.5. The number of hydrogen-bond donors (Lipinski definition) is 1. The Kier molecular flexibility index (Phi) is 3.28. The molecule has 0 spiro atoms. The summed E-state index contributed by atoms with van der Waals surface area (Å²) < 4.78 is 0. The van der Waals surface area contributed by atoms with E-state index in [4.69, 9.17) is 0 Å². The smallest absolute Gasteiger partial charge is 0.240 e. The second-order valence-electron chi connectivity index (χ2n) is 7.00. The maximum Gasteiger partial charge on any atom is 0.240 e. The molecule has 3 saturated carbocycles. The lowest BCUT2D eigenvalue weighted by atomic mass is 9.82. The first-order valence-corrected chi connectivity index (χ1v) is 7.87. The van der Waals surface area contributed by atoms with Gasteiger partial charge in [-0.15, -0.1) is 0 Å². The topological polar surface area (TPSA) is 52.9 Å². The fourth-order valence-corrected chi connectivity index (χ4v) is 4.73. The number of nitriles is 1. The second kappa shape index (κ2) is 4.81. The zero-order chi connectivity index (χ0) is 13.5. The number of carbonyl (C=O) groups is 1. The van der Waals surface area contributed by atoms with Crippen molar-refractivity contribution in [3.05, 3.63) is 0 Å². The standard InChI is InChI=1S/C16H24N2O/c1-11(14-9-12-4-5-13(14)8-12)18-15(19)16(10-17)6-2-3-7-16/h11-14H,2-9H2,1H3,(H,18,19). The quantitative estimate of drug-likeness (QED) is 0.848. The van der Waals surface area contributed by atoms with E-state index < -0.39 is 5.41 Å². The molecule has 19 heavy (non-hydrogen) atoms. The molecule has 0 aromatic carbocycles. The van der Waals surface area contributed by atoms with Gasteiger partial charge in [0.2, 0.25) is 5.91 Å². The van der Waals surface area contributed by atoms with Crippen LogP contribution in [0.25, 0.3) is 0 Å². The van der Waals surface area contributed by atoms with Gasteiger partial charge in [0.25, 0.3) is 0 Å². The van der Waals surface area contributed by atoms with Gasteiger partial charge in [0.15, 0.2) is 0 Å². The summed E-state index contributed by atoms with van der Waals surface area (Å²) in [6.45, 7) is 2.14. The summed E-state index contributed by atoms with van der Waals surface area (Å²) in [5.41, 5.74) is -0.716. The molecule has 0 aromatic heterocycles. The van der Waals surface area contributed by atoms with E-state index >= 15 is 0 Å². The summed E-state index contributed by atoms with van der Waals surface area (Å²) in [7, 11) is 0. The Morgan fingerprint density at radius 1 is 1.32 bits per heavy atom. The van der Waals surface area contributed by atoms with Crippen molar-refractivity contribution in [1.82, 2.24) is 5.32 Å². The monoisotopic (exact) mass is 260 g/mol. The van der Waals surface area contributed by atoms with Crippen LogP contribution in [0, 0.1) is 34.5 Å². The molecule has 0 aromatic rings. The number of hydrogen-bond acceptors (Lipinski definition) is 2. The van der Waals surface area contributed by atoms with Crippen LogP contribution in [0.1, 0.15) is 58.3 Å². The minimum absolute atomic E-state index is 0.00257. The normalized spacial score (nSPS) is 36.9. The van der Waals surface area contributed by atoms with Gasteiger partial charge in [-0.25, -0.2) is 0 Å². The van der Waals surface area contributed by atoms with E-state index in [1.807, 2.05) is 0 Å². The van der Waals surface area contributed by atoms with Crippen LogP contribution in [0.15, 0.2) is 0 Å². The zero-order valence-electron chi connectivity index (χ0n) is 11.8. The van der Waals surface area contributed by atoms with Gasteiger partial charge >= 0.3 is 0 Å². The molecule has 3 aliphatic rings. The number of amides is 1. The van der Waals surface area contributed by atoms with E-state index in [2.05, 4.69) is 18.3 Å². The minimum atomic E-state index is -0.716. The Hall–Kier alpha value is -1.04. The molecule has 104 valence electrons. The highest BCUT2D eigenvalue weighted by Gasteiger charge is 2.45. The highest BCUT2D eigenvalue weighted by molar-refractivity contribution is 5.86. The lowest BCUT2D eigenvalue weighted by Gasteiger charge is -2.31. The molecule has 0 radical (unpaired) electrons. The largest absolute Gasteiger partial charge is 0.352 e. The van der Waals surface area contributed by atoms with Crippen molar-refractivity contribution in [3.63, 3.8) is 0 Å². The molecule has 3 nitrogen and oxygen atoms in total. The summed E-state index contributed by atoms with van der Waals surface area (Å²) in [4.78, 5) is 12.4. The first-order valence-electron chi connectivity index (χ1n) is 7.87. The molecule has 1 N–H and O–H groups in total. The Morgan fingerprint density at radius 3 is 2.58 bits per heavy atom. The van der Waals surface area contributed by atoms with Gasteiger partial charge in [-0.1, -0.05) is 19.3 Å². The van der Waals surface area contributed by atoms with Crippen LogP contribution >= 0.6 is 0 Å². The van der Waals surface area contributed by atoms with Crippen LogP contribution < -0.4 is 5.32 Å². The predicted molar refractivity (Wildman–Crippen MR) is 73.1 cm³/mol. The maximum atomic E-state index is 12.4. The number of rotatable bonds is 3. The van der Waals surface area contributed by atoms with Crippen molar-refractivity contribution < 1.29 is 4.79 Å². The van der Waals surface area contributed by atoms with Crippen molar-refractivity contribution in [3.8, 4) is 6.07 Å². The van der Waals surface area contributed by atoms with Crippen LogP contribution in [-0.2, 0) is 4.79 Å². The average molecular weight is 260 g/mol. The van der Waals surface area contributed by atoms with Gasteiger partial charge in [0.1, 0.15) is 5.41 Å². The minimum Gasteiger partial charge on any atom is -0.352 e. The molecule has 1 amide bonds. The molecule has 4 unspecified atom stereocenters. The van der Waals surface area contributed by atoms with Gasteiger partial charge in [0, 0.05) is 6.04 Å². The lowest BCUT2D eigenvalue weighted by molar-refractivity contribution is -0.129. The van der Waals surface area contributed by atoms with Crippen LogP contribution in [0.3, 0.4) is 0 Å². The molecule has 3 rings (SSSR count). The van der Waals surface area contributed by atoms with Gasteiger partial charge in [-0.2, -0.15) is 5.26 Å². The molecule has 0 heterocycles. The number of nitrogens with one attached hydrogen (secondary N) is 1. The van der Waals surface area contributed by atoms with Crippen molar-refractivity contribution in [2.75, 3.05) is 0 Å². The predicted octanol–water partition coefficient (Wildman–Crippen LogP) is 3.01. The summed E-state index contributed by atoms with van der Waals surface area (Å²) >= 11 is 0. The Morgan fingerprint density at radius 2 is 2.05 bits per heavy atom. The van der Waals surface area contributed by atoms with Crippen molar-refractivity contribution in [2.24, 2.45) is 23.2 Å². The molecular weight excluding hydrogens is 236 g/mol. The van der Waals surface area contributed by atoms with Gasteiger partial charge in [0.05, 0.1) is 6.07 Å². The van der Waals surface area contributed by atoms with Crippen LogP contribution in [0.2, 0.25) is 0 Å². The molecule has 0 saturated heterocycles. The van der Waals surface area contributed by atoms with Crippen molar-refractivity contribution >= 4 is 5.91 Å². The fraction of sp³-hybridized carbons (Fsp3) is 0.875. The lowest BCUT2D eigenvalue weighted by Crippen LogP contribution is -2.46. The van der Waals surface area contributed by atoms with Gasteiger partial charge in [-0.05, 0) is 56.8 Å². The summed E-state index contributed by atoms with van der Waals surface area (Å²) in [5.74, 6) is 2.38. The van der Waals surface area contributed by atoms with E-state index in [1.54, 1.807) is 0 Å². The second-order valence-corrected chi connectivity index (χ2v) is 7.00. The zero-order valence-corrected chi connectivity index (χ0v) is 11.8. The summed E-state index contributed by atoms with van der Waals surface area (Å²) in [6, 6.07) is 2.54. The Labute approximate surface area is 115 Å². The van der Waals surface area contributed by atoms with Crippen LogP contribution in [0.5, 0.6) is 0 Å². The Bertz CT molecular complexity index is 405. The molecule has 3 aliphatic carbocycles. The highest BCUT2D eigenvalue weighted by Crippen LogP contribution is 2.49. The van der Waals surface area contributed by atoms with E-state index in [9.17, 15) is 10.1 Å². The fourth-order valence-electron chi connectivity index (χ4n) is 4.73. The van der Waals surface area contributed by atoms with E-state index in [0.717, 1.165) is 37.5 Å². The van der Waals surface area contributed by atoms with Gasteiger partial charge < -0.3 is 5.32 Å². The number of fused-ring (bicyclic) bond motifs is 2. The maximum absolute atomic E-state index is 12.4. The molecule has 0 aliphatic heterocycles. The third kappa shape index (κ3) is 2.16. The van der Waals surface area contributed by atoms with Crippen LogP contribution in [-0.4, -0.2) is 11.9 Å². The number of nitrogens with zero attached hydrogens (tertiary/aromatic N) is 1. The highest BCUT2D eigenvalue weighted by atomic mass is 16.2. The van der Waals surface area contributed by atoms with E-state index in [-0.39, 0.29) is 11.9 Å². The first kappa shape index (κ1) is 13.0. The van der Waals surface area contributed by atoms with E-state index in [1.165, 1.54) is 25.7 Å².